The Labute approximate surface area is 108 Å². The van der Waals surface area contributed by atoms with Crippen LogP contribution in [0.4, 0.5) is 0 Å². The number of nitrogens with zero attached hydrogens (tertiary/aromatic N) is 2. The Balaban J connectivity index is 1.57. The third kappa shape index (κ3) is 2.68. The Hall–Kier alpha value is -0.650. The third-order valence-corrected chi connectivity index (χ3v) is 4.33. The molecule has 5 heteroatoms. The molecule has 3 aliphatic rings. The molecule has 2 aliphatic heterocycles. The first-order chi connectivity index (χ1) is 8.76. The zero-order valence-electron chi connectivity index (χ0n) is 11.1. The fourth-order valence-corrected chi connectivity index (χ4v) is 3.11. The van der Waals surface area contributed by atoms with Gasteiger partial charge in [0.1, 0.15) is 0 Å². The van der Waals surface area contributed by atoms with Crippen molar-refractivity contribution in [2.24, 2.45) is 5.92 Å². The minimum atomic E-state index is 0.108. The van der Waals surface area contributed by atoms with E-state index in [1.165, 1.54) is 19.4 Å². The molecule has 0 bridgehead atoms. The van der Waals surface area contributed by atoms with Gasteiger partial charge >= 0.3 is 0 Å². The molecule has 1 amide bonds. The largest absolute Gasteiger partial charge is 0.374 e. The molecule has 5 nitrogen and oxygen atoms in total. The number of nitrogens with one attached hydrogen (secondary N) is 1. The maximum atomic E-state index is 11.5. The second-order valence-electron chi connectivity index (χ2n) is 5.78. The molecule has 102 valence electrons. The Morgan fingerprint density at radius 3 is 2.94 bits per heavy atom. The van der Waals surface area contributed by atoms with E-state index in [0.717, 1.165) is 32.2 Å². The van der Waals surface area contributed by atoms with E-state index < -0.39 is 0 Å². The summed E-state index contributed by atoms with van der Waals surface area (Å²) in [7, 11) is 1.70. The van der Waals surface area contributed by atoms with Gasteiger partial charge in [-0.25, -0.2) is 0 Å². The van der Waals surface area contributed by atoms with E-state index in [-0.39, 0.29) is 5.91 Å². The topological polar surface area (TPSA) is 44.8 Å². The van der Waals surface area contributed by atoms with Crippen molar-refractivity contribution in [2.75, 3.05) is 46.4 Å². The van der Waals surface area contributed by atoms with E-state index in [9.17, 15) is 4.79 Å². The number of fused-ring (bicyclic) bond motifs is 1. The molecular formula is C13H23N3O2. The van der Waals surface area contributed by atoms with Crippen molar-refractivity contribution in [3.63, 3.8) is 0 Å². The number of ether oxygens (including phenoxy) is 1. The van der Waals surface area contributed by atoms with Crippen molar-refractivity contribution in [1.29, 1.82) is 0 Å². The number of hydrogen-bond acceptors (Lipinski definition) is 4. The molecule has 2 atom stereocenters. The van der Waals surface area contributed by atoms with E-state index in [1.807, 2.05) is 0 Å². The first-order valence-corrected chi connectivity index (χ1v) is 7.05. The van der Waals surface area contributed by atoms with Crippen molar-refractivity contribution in [2.45, 2.75) is 25.0 Å². The van der Waals surface area contributed by atoms with Crippen LogP contribution < -0.4 is 5.32 Å². The molecule has 0 unspecified atom stereocenters. The predicted molar refractivity (Wildman–Crippen MR) is 68.3 cm³/mol. The average molecular weight is 253 g/mol. The van der Waals surface area contributed by atoms with Crippen LogP contribution in [0.15, 0.2) is 0 Å². The van der Waals surface area contributed by atoms with Gasteiger partial charge in [0.25, 0.3) is 0 Å². The van der Waals surface area contributed by atoms with Gasteiger partial charge in [-0.05, 0) is 18.8 Å². The zero-order valence-corrected chi connectivity index (χ0v) is 11.1. The van der Waals surface area contributed by atoms with Crippen LogP contribution in [0.5, 0.6) is 0 Å². The van der Waals surface area contributed by atoms with Crippen LogP contribution >= 0.6 is 0 Å². The highest BCUT2D eigenvalue weighted by Gasteiger charge is 2.41. The highest BCUT2D eigenvalue weighted by atomic mass is 16.5. The smallest absolute Gasteiger partial charge is 0.233 e. The summed E-state index contributed by atoms with van der Waals surface area (Å²) in [6.45, 7) is 5.49. The molecule has 2 saturated heterocycles. The molecule has 0 aromatic rings. The van der Waals surface area contributed by atoms with Gasteiger partial charge in [-0.3, -0.25) is 14.6 Å². The quantitative estimate of drug-likeness (QED) is 0.735. The molecule has 0 spiro atoms. The number of rotatable bonds is 4. The van der Waals surface area contributed by atoms with Crippen molar-refractivity contribution in [1.82, 2.24) is 15.1 Å². The normalized spacial score (nSPS) is 33.4. The molecule has 2 heterocycles. The summed E-state index contributed by atoms with van der Waals surface area (Å²) in [5.74, 6) is 1.04. The molecule has 1 saturated carbocycles. The summed E-state index contributed by atoms with van der Waals surface area (Å²) in [4.78, 5) is 16.3. The Kier molecular flexibility index (Phi) is 3.54. The van der Waals surface area contributed by atoms with E-state index in [1.54, 1.807) is 7.05 Å². The number of likely N-dealkylation sites (N-methyl/N-ethyl adjacent to an activating group) is 1. The summed E-state index contributed by atoms with van der Waals surface area (Å²) in [6.07, 6.45) is 3.10. The number of amides is 1. The van der Waals surface area contributed by atoms with Gasteiger partial charge in [0.05, 0.1) is 25.3 Å². The van der Waals surface area contributed by atoms with Crippen molar-refractivity contribution in [3.05, 3.63) is 0 Å². The second kappa shape index (κ2) is 5.15. The van der Waals surface area contributed by atoms with E-state index in [4.69, 9.17) is 4.74 Å². The lowest BCUT2D eigenvalue weighted by Crippen LogP contribution is -2.53. The minimum absolute atomic E-state index is 0.108. The van der Waals surface area contributed by atoms with Crippen LogP contribution in [0, 0.1) is 5.92 Å². The number of carbonyl (C=O) groups is 1. The number of hydrogen-bond donors (Lipinski definition) is 1. The summed E-state index contributed by atoms with van der Waals surface area (Å²) in [5.41, 5.74) is 0. The van der Waals surface area contributed by atoms with Crippen LogP contribution in [0.1, 0.15) is 12.8 Å². The fourth-order valence-electron chi connectivity index (χ4n) is 3.11. The van der Waals surface area contributed by atoms with Crippen LogP contribution in [0.25, 0.3) is 0 Å². The summed E-state index contributed by atoms with van der Waals surface area (Å²) >= 11 is 0. The van der Waals surface area contributed by atoms with Gasteiger partial charge in [0.2, 0.25) is 5.91 Å². The summed E-state index contributed by atoms with van der Waals surface area (Å²) in [6, 6.07) is 0.412. The van der Waals surface area contributed by atoms with E-state index >= 15 is 0 Å². The highest BCUT2D eigenvalue weighted by molar-refractivity contribution is 5.77. The second-order valence-corrected chi connectivity index (χ2v) is 5.78. The van der Waals surface area contributed by atoms with Gasteiger partial charge in [-0.15, -0.1) is 0 Å². The zero-order chi connectivity index (χ0) is 12.5. The Bertz CT molecular complexity index is 319. The van der Waals surface area contributed by atoms with E-state index in [2.05, 4.69) is 15.1 Å². The highest BCUT2D eigenvalue weighted by Crippen LogP contribution is 2.32. The van der Waals surface area contributed by atoms with Crippen LogP contribution in [-0.4, -0.2) is 74.2 Å². The molecule has 1 aliphatic carbocycles. The average Bonchev–Trinajstić information content (AvgIpc) is 3.06. The van der Waals surface area contributed by atoms with Gasteiger partial charge in [-0.1, -0.05) is 0 Å². The molecule has 0 aromatic heterocycles. The fraction of sp³-hybridized carbons (Fsp3) is 0.923. The van der Waals surface area contributed by atoms with Crippen molar-refractivity contribution >= 4 is 5.91 Å². The van der Waals surface area contributed by atoms with E-state index in [0.29, 0.717) is 18.7 Å². The van der Waals surface area contributed by atoms with Crippen molar-refractivity contribution < 1.29 is 9.53 Å². The van der Waals surface area contributed by atoms with Crippen LogP contribution in [0.2, 0.25) is 0 Å². The van der Waals surface area contributed by atoms with Gasteiger partial charge < -0.3 is 10.1 Å². The number of carbonyl (C=O) groups excluding carboxylic acids is 1. The molecule has 0 radical (unpaired) electrons. The lowest BCUT2D eigenvalue weighted by atomic mass is 10.1. The first-order valence-electron chi connectivity index (χ1n) is 7.05. The Morgan fingerprint density at radius 1 is 1.39 bits per heavy atom. The molecule has 3 fully saturated rings. The summed E-state index contributed by atoms with van der Waals surface area (Å²) < 4.78 is 5.86. The Morgan fingerprint density at radius 2 is 2.22 bits per heavy atom. The number of morpholine rings is 1. The standard InChI is InChI=1S/C13H23N3O2/c1-14-13(17)9-16-4-5-18-12-8-15(7-11(12)16)6-10-2-3-10/h10-12H,2-9H2,1H3,(H,14,17)/t11-,12+/m1/s1. The maximum absolute atomic E-state index is 11.5. The summed E-state index contributed by atoms with van der Waals surface area (Å²) in [5, 5.41) is 2.71. The third-order valence-electron chi connectivity index (χ3n) is 4.33. The van der Waals surface area contributed by atoms with Gasteiger partial charge in [0.15, 0.2) is 0 Å². The van der Waals surface area contributed by atoms with Crippen LogP contribution in [-0.2, 0) is 9.53 Å². The monoisotopic (exact) mass is 253 g/mol. The maximum Gasteiger partial charge on any atom is 0.233 e. The number of likely N-dealkylation sites (tertiary alicyclic amines) is 1. The molecule has 18 heavy (non-hydrogen) atoms. The van der Waals surface area contributed by atoms with Gasteiger partial charge in [-0.2, -0.15) is 0 Å². The predicted octanol–water partition coefficient (Wildman–Crippen LogP) is -0.473. The SMILES string of the molecule is CNC(=O)CN1CCO[C@H]2CN(CC3CC3)C[C@H]21. The van der Waals surface area contributed by atoms with Crippen LogP contribution in [0.3, 0.4) is 0 Å². The molecular weight excluding hydrogens is 230 g/mol. The minimum Gasteiger partial charge on any atom is -0.374 e. The van der Waals surface area contributed by atoms with Gasteiger partial charge in [0, 0.05) is 33.2 Å². The lowest BCUT2D eigenvalue weighted by Gasteiger charge is -2.36. The molecule has 3 rings (SSSR count). The molecule has 1 N–H and O–H groups in total. The molecule has 0 aromatic carbocycles. The lowest BCUT2D eigenvalue weighted by molar-refractivity contribution is -0.125. The van der Waals surface area contributed by atoms with Crippen molar-refractivity contribution in [3.8, 4) is 0 Å². The first kappa shape index (κ1) is 12.4.